The van der Waals surface area contributed by atoms with Crippen molar-refractivity contribution in [3.8, 4) is 0 Å². The minimum Gasteiger partial charge on any atom is -0.398 e. The predicted octanol–water partition coefficient (Wildman–Crippen LogP) is 3.00. The van der Waals surface area contributed by atoms with Gasteiger partial charge in [-0.3, -0.25) is 0 Å². The lowest BCUT2D eigenvalue weighted by atomic mass is 10.1. The molecule has 0 aromatic heterocycles. The van der Waals surface area contributed by atoms with Gasteiger partial charge in [-0.1, -0.05) is 23.8 Å². The van der Waals surface area contributed by atoms with E-state index in [0.717, 1.165) is 11.3 Å². The predicted molar refractivity (Wildman–Crippen MR) is 54.9 cm³/mol. The molecule has 0 aliphatic rings. The van der Waals surface area contributed by atoms with Gasteiger partial charge in [0, 0.05) is 5.69 Å². The van der Waals surface area contributed by atoms with Gasteiger partial charge in [0.05, 0.1) is 0 Å². The number of nitrogens with two attached hydrogens (primary N) is 1. The topological polar surface area (TPSA) is 26.0 Å². The molecule has 0 heterocycles. The summed E-state index contributed by atoms with van der Waals surface area (Å²) in [5.74, 6) is 0. The Balaban J connectivity index is 3.10. The monoisotopic (exact) mass is 161 g/mol. The average Bonchev–Trinajstić information content (AvgIpc) is 1.94. The van der Waals surface area contributed by atoms with E-state index in [0.29, 0.717) is 0 Å². The van der Waals surface area contributed by atoms with Crippen LogP contribution in [0.2, 0.25) is 0 Å². The number of nitrogen functional groups attached to an aromatic ring is 1. The first-order chi connectivity index (χ1) is 5.59. The molecule has 1 aromatic rings. The Labute approximate surface area is 73.9 Å². The first-order valence-electron chi connectivity index (χ1n) is 4.10. The minimum absolute atomic E-state index is 0.858. The normalized spacial score (nSPS) is 9.58. The van der Waals surface area contributed by atoms with Crippen molar-refractivity contribution in [2.24, 2.45) is 0 Å². The van der Waals surface area contributed by atoms with E-state index < -0.39 is 0 Å². The molecule has 0 atom stereocenters. The SMILES string of the molecule is CC(C)=Cc1ccc(C)cc1N. The number of aryl methyl sites for hydroxylation is 1. The van der Waals surface area contributed by atoms with Crippen LogP contribution in [-0.4, -0.2) is 0 Å². The molecule has 0 spiro atoms. The third-order valence-electron chi connectivity index (χ3n) is 1.69. The molecular formula is C11H15N. The van der Waals surface area contributed by atoms with Crippen molar-refractivity contribution in [2.45, 2.75) is 20.8 Å². The van der Waals surface area contributed by atoms with Gasteiger partial charge in [0.1, 0.15) is 0 Å². The molecule has 0 fully saturated rings. The zero-order valence-electron chi connectivity index (χ0n) is 7.89. The lowest BCUT2D eigenvalue weighted by Gasteiger charge is -2.01. The second-order valence-corrected chi connectivity index (χ2v) is 3.35. The van der Waals surface area contributed by atoms with Gasteiger partial charge in [-0.2, -0.15) is 0 Å². The van der Waals surface area contributed by atoms with Gasteiger partial charge in [0.15, 0.2) is 0 Å². The lowest BCUT2D eigenvalue weighted by Crippen LogP contribution is -1.89. The molecule has 1 heteroatoms. The van der Waals surface area contributed by atoms with Crippen LogP contribution in [0.15, 0.2) is 23.8 Å². The van der Waals surface area contributed by atoms with Gasteiger partial charge in [-0.05, 0) is 38.0 Å². The molecule has 1 aromatic carbocycles. The van der Waals surface area contributed by atoms with Gasteiger partial charge in [-0.25, -0.2) is 0 Å². The van der Waals surface area contributed by atoms with Crippen LogP contribution in [-0.2, 0) is 0 Å². The molecule has 0 saturated carbocycles. The van der Waals surface area contributed by atoms with Crippen molar-refractivity contribution in [2.75, 3.05) is 5.73 Å². The fourth-order valence-electron chi connectivity index (χ4n) is 1.14. The molecule has 0 amide bonds. The number of hydrogen-bond donors (Lipinski definition) is 1. The molecule has 0 bridgehead atoms. The van der Waals surface area contributed by atoms with E-state index in [9.17, 15) is 0 Å². The summed E-state index contributed by atoms with van der Waals surface area (Å²) in [6.45, 7) is 6.18. The maximum atomic E-state index is 5.83. The molecule has 0 unspecified atom stereocenters. The smallest absolute Gasteiger partial charge is 0.0390 e. The van der Waals surface area contributed by atoms with Gasteiger partial charge in [0.25, 0.3) is 0 Å². The van der Waals surface area contributed by atoms with E-state index >= 15 is 0 Å². The van der Waals surface area contributed by atoms with E-state index in [1.165, 1.54) is 11.1 Å². The Morgan fingerprint density at radius 2 is 2.00 bits per heavy atom. The number of hydrogen-bond acceptors (Lipinski definition) is 1. The summed E-state index contributed by atoms with van der Waals surface area (Å²) >= 11 is 0. The standard InChI is InChI=1S/C11H15N/c1-8(2)6-10-5-4-9(3)7-11(10)12/h4-7H,12H2,1-3H3. The second-order valence-electron chi connectivity index (χ2n) is 3.35. The number of anilines is 1. The highest BCUT2D eigenvalue weighted by molar-refractivity contribution is 5.66. The molecule has 12 heavy (non-hydrogen) atoms. The highest BCUT2D eigenvalue weighted by Crippen LogP contribution is 2.16. The van der Waals surface area contributed by atoms with Crippen LogP contribution in [0.4, 0.5) is 5.69 Å². The summed E-state index contributed by atoms with van der Waals surface area (Å²) in [5.41, 5.74) is 10.3. The molecule has 1 nitrogen and oxygen atoms in total. The van der Waals surface area contributed by atoms with Crippen LogP contribution in [0, 0.1) is 6.92 Å². The fourth-order valence-corrected chi connectivity index (χ4v) is 1.14. The van der Waals surface area contributed by atoms with E-state index in [1.54, 1.807) is 0 Å². The highest BCUT2D eigenvalue weighted by Gasteiger charge is 1.94. The minimum atomic E-state index is 0.858. The zero-order valence-corrected chi connectivity index (χ0v) is 7.89. The maximum absolute atomic E-state index is 5.83. The highest BCUT2D eigenvalue weighted by atomic mass is 14.6. The van der Waals surface area contributed by atoms with E-state index in [4.69, 9.17) is 5.73 Å². The van der Waals surface area contributed by atoms with Crippen LogP contribution in [0.25, 0.3) is 6.08 Å². The fraction of sp³-hybridized carbons (Fsp3) is 0.273. The third kappa shape index (κ3) is 2.12. The molecule has 0 aliphatic carbocycles. The molecule has 0 radical (unpaired) electrons. The Kier molecular flexibility index (Phi) is 2.54. The summed E-state index contributed by atoms with van der Waals surface area (Å²) in [5, 5.41) is 0. The summed E-state index contributed by atoms with van der Waals surface area (Å²) in [4.78, 5) is 0. The van der Waals surface area contributed by atoms with E-state index in [1.807, 2.05) is 13.0 Å². The Hall–Kier alpha value is -1.24. The van der Waals surface area contributed by atoms with E-state index in [-0.39, 0.29) is 0 Å². The largest absolute Gasteiger partial charge is 0.398 e. The first-order valence-corrected chi connectivity index (χ1v) is 4.10. The van der Waals surface area contributed by atoms with Crippen LogP contribution < -0.4 is 5.73 Å². The summed E-state index contributed by atoms with van der Waals surface area (Å²) in [7, 11) is 0. The Bertz CT molecular complexity index is 307. The molecule has 2 N–H and O–H groups in total. The summed E-state index contributed by atoms with van der Waals surface area (Å²) < 4.78 is 0. The van der Waals surface area contributed by atoms with E-state index in [2.05, 4.69) is 32.1 Å². The molecule has 64 valence electrons. The molecule has 0 saturated heterocycles. The van der Waals surface area contributed by atoms with Gasteiger partial charge in [-0.15, -0.1) is 0 Å². The molecule has 0 aliphatic heterocycles. The van der Waals surface area contributed by atoms with Gasteiger partial charge >= 0.3 is 0 Å². The second kappa shape index (κ2) is 3.44. The van der Waals surface area contributed by atoms with Crippen molar-refractivity contribution in [1.82, 2.24) is 0 Å². The van der Waals surface area contributed by atoms with Crippen LogP contribution in [0.5, 0.6) is 0 Å². The third-order valence-corrected chi connectivity index (χ3v) is 1.69. The Morgan fingerprint density at radius 3 is 2.50 bits per heavy atom. The van der Waals surface area contributed by atoms with Crippen molar-refractivity contribution >= 4 is 11.8 Å². The number of benzene rings is 1. The number of rotatable bonds is 1. The van der Waals surface area contributed by atoms with Gasteiger partial charge < -0.3 is 5.73 Å². The number of allylic oxidation sites excluding steroid dienone is 1. The first kappa shape index (κ1) is 8.85. The molecule has 1 rings (SSSR count). The molecular weight excluding hydrogens is 146 g/mol. The van der Waals surface area contributed by atoms with Crippen LogP contribution in [0.3, 0.4) is 0 Å². The quantitative estimate of drug-likeness (QED) is 0.629. The van der Waals surface area contributed by atoms with Crippen molar-refractivity contribution in [3.63, 3.8) is 0 Å². The van der Waals surface area contributed by atoms with Crippen LogP contribution >= 0.6 is 0 Å². The zero-order chi connectivity index (χ0) is 9.14. The lowest BCUT2D eigenvalue weighted by molar-refractivity contribution is 1.41. The van der Waals surface area contributed by atoms with Crippen LogP contribution in [0.1, 0.15) is 25.0 Å². The summed E-state index contributed by atoms with van der Waals surface area (Å²) in [6.07, 6.45) is 2.09. The van der Waals surface area contributed by atoms with Crippen molar-refractivity contribution in [1.29, 1.82) is 0 Å². The van der Waals surface area contributed by atoms with Crippen molar-refractivity contribution in [3.05, 3.63) is 34.9 Å². The van der Waals surface area contributed by atoms with Crippen molar-refractivity contribution < 1.29 is 0 Å². The Morgan fingerprint density at radius 1 is 1.33 bits per heavy atom. The maximum Gasteiger partial charge on any atom is 0.0390 e. The average molecular weight is 161 g/mol. The summed E-state index contributed by atoms with van der Waals surface area (Å²) in [6, 6.07) is 6.12. The van der Waals surface area contributed by atoms with Gasteiger partial charge in [0.2, 0.25) is 0 Å².